The first kappa shape index (κ1) is 27.1. The molecule has 2 aromatic carbocycles. The molecule has 182 valence electrons. The van der Waals surface area contributed by atoms with Crippen molar-refractivity contribution in [1.29, 1.82) is 0 Å². The fraction of sp³-hybridized carbons (Fsp3) is 0.567. The molecule has 0 aromatic heterocycles. The minimum atomic E-state index is -0.156. The lowest BCUT2D eigenvalue weighted by Crippen LogP contribution is -2.24. The number of aryl methyl sites for hydroxylation is 2. The molecule has 3 nitrogen and oxygen atoms in total. The summed E-state index contributed by atoms with van der Waals surface area (Å²) in [6, 6.07) is 13.2. The molecule has 3 atom stereocenters. The van der Waals surface area contributed by atoms with Crippen molar-refractivity contribution in [2.75, 3.05) is 20.7 Å². The minimum Gasteiger partial charge on any atom is -0.494 e. The summed E-state index contributed by atoms with van der Waals surface area (Å²) in [5.41, 5.74) is 5.66. The number of carbonyl (C=O) groups is 1. The summed E-state index contributed by atoms with van der Waals surface area (Å²) in [4.78, 5) is 15.6. The molecule has 1 aliphatic carbocycles. The maximum atomic E-state index is 13.3. The van der Waals surface area contributed by atoms with E-state index in [9.17, 15) is 4.79 Å². The van der Waals surface area contributed by atoms with Gasteiger partial charge in [-0.25, -0.2) is 0 Å². The summed E-state index contributed by atoms with van der Waals surface area (Å²) in [6.45, 7) is 13.1. The minimum absolute atomic E-state index is 0.156. The van der Waals surface area contributed by atoms with Crippen molar-refractivity contribution < 1.29 is 9.53 Å². The Morgan fingerprint density at radius 1 is 1.06 bits per heavy atom. The standard InChI is InChI=1S/C28H39NO2.C2H6/c1-7-8-15-31-25-12-14-27(20(3)17-25)28(30)21(4)22-10-13-26(19(2)16-22)23-9-11-24(18-23)29(5)6;1-2/h10,12-14,16-17,21,23-24H,7-9,11,15,18H2,1-6H3;1-2H3. The normalized spacial score (nSPS) is 18.6. The fourth-order valence-electron chi connectivity index (χ4n) is 4.86. The number of ketones is 1. The second-order valence-corrected chi connectivity index (χ2v) is 9.51. The molecule has 0 bridgehead atoms. The van der Waals surface area contributed by atoms with Gasteiger partial charge in [0.1, 0.15) is 5.75 Å². The molecule has 0 heterocycles. The highest BCUT2D eigenvalue weighted by Gasteiger charge is 2.28. The molecule has 3 heteroatoms. The molecule has 1 saturated carbocycles. The lowest BCUT2D eigenvalue weighted by Gasteiger charge is -2.20. The van der Waals surface area contributed by atoms with E-state index in [-0.39, 0.29) is 11.7 Å². The van der Waals surface area contributed by atoms with Crippen LogP contribution in [0, 0.1) is 13.8 Å². The third-order valence-electron chi connectivity index (χ3n) is 6.99. The van der Waals surface area contributed by atoms with Crippen molar-refractivity contribution in [1.82, 2.24) is 4.90 Å². The SMILES string of the molecule is CC.CCCCOc1ccc(C(=O)C(C)c2ccc(C3CCC(N(C)C)C3)c(C)c2)c(C)c1. The Bertz CT molecular complexity index is 902. The molecule has 2 aromatic rings. The van der Waals surface area contributed by atoms with Crippen molar-refractivity contribution in [3.05, 3.63) is 64.2 Å². The molecular formula is C30H45NO2. The predicted molar refractivity (Wildman–Crippen MR) is 141 cm³/mol. The van der Waals surface area contributed by atoms with Gasteiger partial charge in [0, 0.05) is 17.5 Å². The van der Waals surface area contributed by atoms with Crippen LogP contribution in [0.4, 0.5) is 0 Å². The molecule has 0 radical (unpaired) electrons. The summed E-state index contributed by atoms with van der Waals surface area (Å²) in [6.07, 6.45) is 5.91. The monoisotopic (exact) mass is 451 g/mol. The summed E-state index contributed by atoms with van der Waals surface area (Å²) in [5.74, 6) is 1.51. The summed E-state index contributed by atoms with van der Waals surface area (Å²) < 4.78 is 5.79. The van der Waals surface area contributed by atoms with Gasteiger partial charge in [0.2, 0.25) is 0 Å². The molecule has 1 fully saturated rings. The molecular weight excluding hydrogens is 406 g/mol. The average molecular weight is 452 g/mol. The number of unbranched alkanes of at least 4 members (excludes halogenated alkanes) is 1. The number of Topliss-reactive ketones (excluding diaryl/α,β-unsaturated/α-hetero) is 1. The van der Waals surface area contributed by atoms with E-state index in [0.29, 0.717) is 12.0 Å². The van der Waals surface area contributed by atoms with Crippen LogP contribution in [0.2, 0.25) is 0 Å². The molecule has 0 saturated heterocycles. The zero-order valence-electron chi connectivity index (χ0n) is 22.2. The van der Waals surface area contributed by atoms with Gasteiger partial charge in [-0.05, 0) is 100.0 Å². The Labute approximate surface area is 202 Å². The Balaban J connectivity index is 0.00000187. The summed E-state index contributed by atoms with van der Waals surface area (Å²) in [5, 5.41) is 0. The van der Waals surface area contributed by atoms with Crippen molar-refractivity contribution >= 4 is 5.78 Å². The highest BCUT2D eigenvalue weighted by Crippen LogP contribution is 2.38. The van der Waals surface area contributed by atoms with Crippen molar-refractivity contribution in [3.63, 3.8) is 0 Å². The third kappa shape index (κ3) is 6.93. The summed E-state index contributed by atoms with van der Waals surface area (Å²) in [7, 11) is 4.37. The van der Waals surface area contributed by atoms with Gasteiger partial charge >= 0.3 is 0 Å². The molecule has 0 spiro atoms. The highest BCUT2D eigenvalue weighted by molar-refractivity contribution is 6.02. The number of ether oxygens (including phenoxy) is 1. The largest absolute Gasteiger partial charge is 0.494 e. The van der Waals surface area contributed by atoms with Crippen LogP contribution in [0.5, 0.6) is 5.75 Å². The number of rotatable bonds is 9. The lowest BCUT2D eigenvalue weighted by molar-refractivity contribution is 0.0965. The van der Waals surface area contributed by atoms with E-state index in [1.54, 1.807) is 0 Å². The quantitative estimate of drug-likeness (QED) is 0.289. The Kier molecular flexibility index (Phi) is 10.6. The maximum absolute atomic E-state index is 13.3. The number of carbonyl (C=O) groups excluding carboxylic acids is 1. The van der Waals surface area contributed by atoms with Gasteiger partial charge in [0.05, 0.1) is 6.61 Å². The first-order valence-electron chi connectivity index (χ1n) is 12.9. The van der Waals surface area contributed by atoms with Crippen molar-refractivity contribution in [2.45, 2.75) is 91.5 Å². The molecule has 0 aliphatic heterocycles. The van der Waals surface area contributed by atoms with Gasteiger partial charge in [-0.2, -0.15) is 0 Å². The van der Waals surface area contributed by atoms with Gasteiger partial charge in [0.15, 0.2) is 5.78 Å². The first-order valence-corrected chi connectivity index (χ1v) is 12.9. The van der Waals surface area contributed by atoms with Crippen LogP contribution >= 0.6 is 0 Å². The topological polar surface area (TPSA) is 29.5 Å². The van der Waals surface area contributed by atoms with E-state index >= 15 is 0 Å². The van der Waals surface area contributed by atoms with Crippen LogP contribution in [0.3, 0.4) is 0 Å². The van der Waals surface area contributed by atoms with Crippen LogP contribution in [-0.2, 0) is 0 Å². The van der Waals surface area contributed by atoms with E-state index in [4.69, 9.17) is 4.74 Å². The fourth-order valence-corrected chi connectivity index (χ4v) is 4.86. The Morgan fingerprint density at radius 3 is 2.36 bits per heavy atom. The molecule has 3 rings (SSSR count). The van der Waals surface area contributed by atoms with Gasteiger partial charge < -0.3 is 9.64 Å². The molecule has 0 N–H and O–H groups in total. The van der Waals surface area contributed by atoms with E-state index in [1.807, 2.05) is 45.9 Å². The molecule has 1 aliphatic rings. The number of benzene rings is 2. The lowest BCUT2D eigenvalue weighted by atomic mass is 9.86. The second-order valence-electron chi connectivity index (χ2n) is 9.51. The van der Waals surface area contributed by atoms with Crippen LogP contribution in [-0.4, -0.2) is 37.4 Å². The third-order valence-corrected chi connectivity index (χ3v) is 6.99. The van der Waals surface area contributed by atoms with Crippen LogP contribution < -0.4 is 4.74 Å². The van der Waals surface area contributed by atoms with E-state index in [0.717, 1.165) is 41.9 Å². The Hall–Kier alpha value is -2.13. The second kappa shape index (κ2) is 12.9. The number of hydrogen-bond acceptors (Lipinski definition) is 3. The zero-order valence-corrected chi connectivity index (χ0v) is 22.2. The summed E-state index contributed by atoms with van der Waals surface area (Å²) >= 11 is 0. The van der Waals surface area contributed by atoms with Crippen LogP contribution in [0.25, 0.3) is 0 Å². The molecule has 33 heavy (non-hydrogen) atoms. The van der Waals surface area contributed by atoms with E-state index in [2.05, 4.69) is 51.0 Å². The van der Waals surface area contributed by atoms with Crippen LogP contribution in [0.15, 0.2) is 36.4 Å². The van der Waals surface area contributed by atoms with Gasteiger partial charge in [0.25, 0.3) is 0 Å². The van der Waals surface area contributed by atoms with Gasteiger partial charge in [-0.3, -0.25) is 4.79 Å². The average Bonchev–Trinajstić information content (AvgIpc) is 3.30. The molecule has 0 amide bonds. The Morgan fingerprint density at radius 2 is 1.79 bits per heavy atom. The number of nitrogens with zero attached hydrogens (tertiary/aromatic N) is 1. The van der Waals surface area contributed by atoms with E-state index in [1.165, 1.54) is 30.4 Å². The zero-order chi connectivity index (χ0) is 24.5. The van der Waals surface area contributed by atoms with Crippen molar-refractivity contribution in [3.8, 4) is 5.75 Å². The predicted octanol–water partition coefficient (Wildman–Crippen LogP) is 7.69. The van der Waals surface area contributed by atoms with Crippen LogP contribution in [0.1, 0.15) is 104 Å². The molecule has 3 unspecified atom stereocenters. The highest BCUT2D eigenvalue weighted by atomic mass is 16.5. The first-order chi connectivity index (χ1) is 15.8. The smallest absolute Gasteiger partial charge is 0.170 e. The van der Waals surface area contributed by atoms with Crippen molar-refractivity contribution in [2.24, 2.45) is 0 Å². The van der Waals surface area contributed by atoms with Gasteiger partial charge in [-0.1, -0.05) is 52.3 Å². The maximum Gasteiger partial charge on any atom is 0.170 e. The number of hydrogen-bond donors (Lipinski definition) is 0. The van der Waals surface area contributed by atoms with E-state index < -0.39 is 0 Å². The van der Waals surface area contributed by atoms with Gasteiger partial charge in [-0.15, -0.1) is 0 Å².